The molecule has 20 heavy (non-hydrogen) atoms. The third-order valence-corrected chi connectivity index (χ3v) is 4.98. The number of amides is 1. The highest BCUT2D eigenvalue weighted by Crippen LogP contribution is 2.24. The fourth-order valence-corrected chi connectivity index (χ4v) is 3.81. The molecular weight excluding hydrogens is 340 g/mol. The number of nitrogens with one attached hydrogen (secondary N) is 1. The molecule has 1 aliphatic rings. The van der Waals surface area contributed by atoms with Crippen LogP contribution in [0, 0.1) is 0 Å². The Labute approximate surface area is 132 Å². The standard InChI is InChI=1S/C13H21BrN4OS/c14-11-8-17-13(20-11)9-18-6-2-1-3-10(18)7-16-12(19)4-5-15/h8,10H,1-7,9,15H2,(H,16,19). The Morgan fingerprint density at radius 3 is 3.15 bits per heavy atom. The van der Waals surface area contributed by atoms with Crippen LogP contribution in [-0.4, -0.2) is 41.5 Å². The van der Waals surface area contributed by atoms with Crippen molar-refractivity contribution in [2.75, 3.05) is 19.6 Å². The van der Waals surface area contributed by atoms with E-state index in [9.17, 15) is 4.79 Å². The van der Waals surface area contributed by atoms with E-state index in [1.807, 2.05) is 6.20 Å². The molecule has 1 fully saturated rings. The number of hydrogen-bond donors (Lipinski definition) is 2. The van der Waals surface area contributed by atoms with E-state index in [1.54, 1.807) is 11.3 Å². The maximum absolute atomic E-state index is 11.5. The minimum atomic E-state index is 0.0509. The van der Waals surface area contributed by atoms with E-state index in [-0.39, 0.29) is 5.91 Å². The van der Waals surface area contributed by atoms with E-state index in [0.717, 1.165) is 28.3 Å². The van der Waals surface area contributed by atoms with E-state index in [4.69, 9.17) is 5.73 Å². The molecule has 0 radical (unpaired) electrons. The van der Waals surface area contributed by atoms with Crippen LogP contribution in [0.3, 0.4) is 0 Å². The fraction of sp³-hybridized carbons (Fsp3) is 0.692. The van der Waals surface area contributed by atoms with Crippen molar-refractivity contribution in [2.45, 2.75) is 38.3 Å². The lowest BCUT2D eigenvalue weighted by atomic mass is 10.0. The summed E-state index contributed by atoms with van der Waals surface area (Å²) >= 11 is 5.12. The second kappa shape index (κ2) is 8.07. The Bertz CT molecular complexity index is 440. The Morgan fingerprint density at radius 1 is 1.60 bits per heavy atom. The lowest BCUT2D eigenvalue weighted by molar-refractivity contribution is -0.121. The molecule has 1 aromatic heterocycles. The highest BCUT2D eigenvalue weighted by molar-refractivity contribution is 9.11. The van der Waals surface area contributed by atoms with Gasteiger partial charge in [0.2, 0.25) is 5.91 Å². The Balaban J connectivity index is 1.86. The lowest BCUT2D eigenvalue weighted by Crippen LogP contribution is -2.46. The average molecular weight is 361 g/mol. The molecular formula is C13H21BrN4OS. The molecule has 1 aliphatic heterocycles. The Hall–Kier alpha value is -0.500. The van der Waals surface area contributed by atoms with Crippen molar-refractivity contribution in [3.8, 4) is 0 Å². The topological polar surface area (TPSA) is 71.2 Å². The van der Waals surface area contributed by atoms with Gasteiger partial charge in [0.25, 0.3) is 0 Å². The normalized spacial score (nSPS) is 20.0. The number of aromatic nitrogens is 1. The van der Waals surface area contributed by atoms with Crippen molar-refractivity contribution >= 4 is 33.2 Å². The molecule has 0 aromatic carbocycles. The number of carbonyl (C=O) groups excluding carboxylic acids is 1. The summed E-state index contributed by atoms with van der Waals surface area (Å²) in [6.45, 7) is 3.07. The molecule has 0 bridgehead atoms. The lowest BCUT2D eigenvalue weighted by Gasteiger charge is -2.35. The van der Waals surface area contributed by atoms with Gasteiger partial charge >= 0.3 is 0 Å². The molecule has 0 aliphatic carbocycles. The predicted octanol–water partition coefficient (Wildman–Crippen LogP) is 1.73. The number of halogens is 1. The third kappa shape index (κ3) is 4.80. The van der Waals surface area contributed by atoms with Crippen molar-refractivity contribution < 1.29 is 4.79 Å². The predicted molar refractivity (Wildman–Crippen MR) is 84.5 cm³/mol. The molecule has 2 rings (SSSR count). The minimum Gasteiger partial charge on any atom is -0.354 e. The zero-order valence-corrected chi connectivity index (χ0v) is 13.9. The van der Waals surface area contributed by atoms with E-state index in [1.165, 1.54) is 12.8 Å². The van der Waals surface area contributed by atoms with Gasteiger partial charge in [-0.25, -0.2) is 4.98 Å². The molecule has 112 valence electrons. The average Bonchev–Trinajstić information content (AvgIpc) is 2.83. The zero-order valence-electron chi connectivity index (χ0n) is 11.5. The van der Waals surface area contributed by atoms with Gasteiger partial charge in [0.15, 0.2) is 0 Å². The SMILES string of the molecule is NCCC(=O)NCC1CCCCN1Cc1ncc(Br)s1. The molecule has 1 aromatic rings. The van der Waals surface area contributed by atoms with Gasteiger partial charge in [-0.15, -0.1) is 11.3 Å². The van der Waals surface area contributed by atoms with Gasteiger partial charge in [0, 0.05) is 25.6 Å². The smallest absolute Gasteiger partial charge is 0.221 e. The maximum Gasteiger partial charge on any atom is 0.221 e. The van der Waals surface area contributed by atoms with E-state index in [0.29, 0.717) is 25.6 Å². The molecule has 1 saturated heterocycles. The number of hydrogen-bond acceptors (Lipinski definition) is 5. The van der Waals surface area contributed by atoms with E-state index in [2.05, 4.69) is 31.1 Å². The minimum absolute atomic E-state index is 0.0509. The molecule has 5 nitrogen and oxygen atoms in total. The first-order valence-electron chi connectivity index (χ1n) is 7.00. The van der Waals surface area contributed by atoms with E-state index >= 15 is 0 Å². The van der Waals surface area contributed by atoms with Crippen LogP contribution in [0.25, 0.3) is 0 Å². The Morgan fingerprint density at radius 2 is 2.45 bits per heavy atom. The second-order valence-corrected chi connectivity index (χ2v) is 7.52. The number of nitrogens with two attached hydrogens (primary N) is 1. The Kier molecular flexibility index (Phi) is 6.41. The number of carbonyl (C=O) groups is 1. The van der Waals surface area contributed by atoms with Crippen LogP contribution in [0.4, 0.5) is 0 Å². The van der Waals surface area contributed by atoms with Crippen molar-refractivity contribution in [2.24, 2.45) is 5.73 Å². The first kappa shape index (κ1) is 15.9. The van der Waals surface area contributed by atoms with Gasteiger partial charge in [-0.2, -0.15) is 0 Å². The van der Waals surface area contributed by atoms with Crippen LogP contribution in [0.5, 0.6) is 0 Å². The summed E-state index contributed by atoms with van der Waals surface area (Å²) in [5, 5.41) is 4.11. The van der Waals surface area contributed by atoms with Crippen LogP contribution >= 0.6 is 27.3 Å². The molecule has 2 heterocycles. The monoisotopic (exact) mass is 360 g/mol. The van der Waals surface area contributed by atoms with Crippen LogP contribution < -0.4 is 11.1 Å². The molecule has 1 atom stereocenters. The molecule has 0 spiro atoms. The third-order valence-electron chi connectivity index (χ3n) is 3.52. The quantitative estimate of drug-likeness (QED) is 0.810. The highest BCUT2D eigenvalue weighted by atomic mass is 79.9. The van der Waals surface area contributed by atoms with Crippen LogP contribution in [0.1, 0.15) is 30.7 Å². The first-order chi connectivity index (χ1) is 9.69. The summed E-state index contributed by atoms with van der Waals surface area (Å²) in [6, 6.07) is 0.410. The van der Waals surface area contributed by atoms with Gasteiger partial charge < -0.3 is 11.1 Å². The number of nitrogens with zero attached hydrogens (tertiary/aromatic N) is 2. The van der Waals surface area contributed by atoms with Crippen molar-refractivity contribution in [1.29, 1.82) is 0 Å². The number of thiazole rings is 1. The summed E-state index contributed by atoms with van der Waals surface area (Å²) in [6.07, 6.45) is 5.85. The second-order valence-electron chi connectivity index (χ2n) is 5.02. The number of piperidine rings is 1. The van der Waals surface area contributed by atoms with Gasteiger partial charge in [0.05, 0.1) is 16.5 Å². The number of likely N-dealkylation sites (tertiary alicyclic amines) is 1. The maximum atomic E-state index is 11.5. The van der Waals surface area contributed by atoms with Gasteiger partial charge in [-0.05, 0) is 35.3 Å². The highest BCUT2D eigenvalue weighted by Gasteiger charge is 2.23. The molecule has 3 N–H and O–H groups in total. The fourth-order valence-electron chi connectivity index (χ4n) is 2.49. The molecule has 7 heteroatoms. The number of rotatable bonds is 6. The molecule has 0 saturated carbocycles. The van der Waals surface area contributed by atoms with Crippen LogP contribution in [0.15, 0.2) is 9.98 Å². The van der Waals surface area contributed by atoms with Crippen LogP contribution in [-0.2, 0) is 11.3 Å². The summed E-state index contributed by atoms with van der Waals surface area (Å²) in [7, 11) is 0. The summed E-state index contributed by atoms with van der Waals surface area (Å²) in [5.74, 6) is 0.0509. The summed E-state index contributed by atoms with van der Waals surface area (Å²) in [5.41, 5.74) is 5.39. The van der Waals surface area contributed by atoms with Crippen molar-refractivity contribution in [3.05, 3.63) is 15.0 Å². The van der Waals surface area contributed by atoms with Crippen molar-refractivity contribution in [1.82, 2.24) is 15.2 Å². The van der Waals surface area contributed by atoms with Gasteiger partial charge in [-0.1, -0.05) is 6.42 Å². The largest absolute Gasteiger partial charge is 0.354 e. The summed E-state index contributed by atoms with van der Waals surface area (Å²) < 4.78 is 1.07. The first-order valence-corrected chi connectivity index (χ1v) is 8.61. The molecule has 1 amide bonds. The molecule has 1 unspecified atom stereocenters. The van der Waals surface area contributed by atoms with Crippen molar-refractivity contribution in [3.63, 3.8) is 0 Å². The van der Waals surface area contributed by atoms with E-state index < -0.39 is 0 Å². The zero-order chi connectivity index (χ0) is 14.4. The van der Waals surface area contributed by atoms with Gasteiger partial charge in [-0.3, -0.25) is 9.69 Å². The van der Waals surface area contributed by atoms with Gasteiger partial charge in [0.1, 0.15) is 5.01 Å². The van der Waals surface area contributed by atoms with Crippen LogP contribution in [0.2, 0.25) is 0 Å². The summed E-state index contributed by atoms with van der Waals surface area (Å²) in [4.78, 5) is 18.4.